The van der Waals surface area contributed by atoms with E-state index >= 15 is 0 Å². The Bertz CT molecular complexity index is 603. The van der Waals surface area contributed by atoms with Gasteiger partial charge in [0.25, 0.3) is 0 Å². The fourth-order valence-electron chi connectivity index (χ4n) is 2.52. The van der Waals surface area contributed by atoms with E-state index < -0.39 is 24.0 Å². The van der Waals surface area contributed by atoms with Crippen LogP contribution in [0.15, 0.2) is 24.3 Å². The van der Waals surface area contributed by atoms with E-state index in [9.17, 15) is 14.4 Å². The molecule has 1 rings (SSSR count). The number of rotatable bonds is 10. The van der Waals surface area contributed by atoms with Crippen molar-refractivity contribution in [2.24, 2.45) is 0 Å². The van der Waals surface area contributed by atoms with Crippen LogP contribution in [0, 0.1) is 0 Å². The van der Waals surface area contributed by atoms with Gasteiger partial charge in [0.05, 0.1) is 19.1 Å². The van der Waals surface area contributed by atoms with E-state index in [1.165, 1.54) is 6.92 Å². The van der Waals surface area contributed by atoms with Crippen molar-refractivity contribution in [2.75, 3.05) is 6.61 Å². The van der Waals surface area contributed by atoms with Gasteiger partial charge in [-0.25, -0.2) is 4.79 Å². The van der Waals surface area contributed by atoms with Gasteiger partial charge in [-0.05, 0) is 19.4 Å². The first-order valence-electron chi connectivity index (χ1n) is 8.40. The fourth-order valence-corrected chi connectivity index (χ4v) is 2.52. The summed E-state index contributed by atoms with van der Waals surface area (Å²) in [6.07, 6.45) is 0.915. The largest absolute Gasteiger partial charge is 0.494 e. The molecule has 0 aliphatic carbocycles. The predicted octanol–water partition coefficient (Wildman–Crippen LogP) is 2.02. The average molecular weight is 350 g/mol. The monoisotopic (exact) mass is 350 g/mol. The number of aliphatic carboxylic acids is 1. The number of hydrogen-bond donors (Lipinski definition) is 3. The molecule has 0 fully saturated rings. The summed E-state index contributed by atoms with van der Waals surface area (Å²) in [7, 11) is 0. The lowest BCUT2D eigenvalue weighted by Crippen LogP contribution is -2.42. The Balaban J connectivity index is 2.95. The van der Waals surface area contributed by atoms with Crippen LogP contribution < -0.4 is 15.4 Å². The Hall–Kier alpha value is -2.57. The normalized spacial score (nSPS) is 12.8. The third-order valence-corrected chi connectivity index (χ3v) is 3.57. The summed E-state index contributed by atoms with van der Waals surface area (Å²) < 4.78 is 5.56. The number of carbonyl (C=O) groups excluding carboxylic acids is 2. The van der Waals surface area contributed by atoms with E-state index in [0.717, 1.165) is 0 Å². The van der Waals surface area contributed by atoms with Crippen molar-refractivity contribution in [3.63, 3.8) is 0 Å². The molecule has 0 heterocycles. The first kappa shape index (κ1) is 20.5. The Morgan fingerprint density at radius 1 is 1.16 bits per heavy atom. The lowest BCUT2D eigenvalue weighted by Gasteiger charge is -2.22. The summed E-state index contributed by atoms with van der Waals surface area (Å²) in [5.74, 6) is -1.21. The summed E-state index contributed by atoms with van der Waals surface area (Å²) >= 11 is 0. The Morgan fingerprint density at radius 2 is 1.84 bits per heavy atom. The minimum Gasteiger partial charge on any atom is -0.494 e. The topological polar surface area (TPSA) is 105 Å². The molecule has 0 aliphatic heterocycles. The first-order chi connectivity index (χ1) is 11.9. The molecule has 25 heavy (non-hydrogen) atoms. The van der Waals surface area contributed by atoms with Crippen LogP contribution in [0.2, 0.25) is 0 Å². The van der Waals surface area contributed by atoms with Crippen molar-refractivity contribution in [2.45, 2.75) is 52.1 Å². The van der Waals surface area contributed by atoms with Gasteiger partial charge in [-0.2, -0.15) is 0 Å². The molecule has 2 unspecified atom stereocenters. The zero-order valence-corrected chi connectivity index (χ0v) is 14.9. The number of amides is 2. The van der Waals surface area contributed by atoms with Crippen LogP contribution in [-0.4, -0.2) is 35.5 Å². The number of carboxylic acids is 1. The molecule has 0 aliphatic rings. The van der Waals surface area contributed by atoms with Crippen molar-refractivity contribution >= 4 is 17.8 Å². The zero-order valence-electron chi connectivity index (χ0n) is 14.9. The van der Waals surface area contributed by atoms with Gasteiger partial charge >= 0.3 is 5.97 Å². The van der Waals surface area contributed by atoms with Crippen LogP contribution in [-0.2, 0) is 14.4 Å². The Morgan fingerprint density at radius 3 is 2.40 bits per heavy atom. The van der Waals surface area contributed by atoms with Crippen molar-refractivity contribution < 1.29 is 24.2 Å². The molecular formula is C18H26N2O5. The molecule has 7 nitrogen and oxygen atoms in total. The second-order valence-corrected chi connectivity index (χ2v) is 5.68. The highest BCUT2D eigenvalue weighted by Gasteiger charge is 2.24. The summed E-state index contributed by atoms with van der Waals surface area (Å²) in [4.78, 5) is 35.0. The summed E-state index contributed by atoms with van der Waals surface area (Å²) in [5, 5.41) is 14.4. The van der Waals surface area contributed by atoms with Gasteiger partial charge in [-0.3, -0.25) is 9.59 Å². The smallest absolute Gasteiger partial charge is 0.326 e. The maximum absolute atomic E-state index is 12.3. The highest BCUT2D eigenvalue weighted by atomic mass is 16.5. The average Bonchev–Trinajstić information content (AvgIpc) is 2.54. The number of hydrogen-bond acceptors (Lipinski definition) is 4. The maximum Gasteiger partial charge on any atom is 0.326 e. The van der Waals surface area contributed by atoms with Gasteiger partial charge in [0.1, 0.15) is 11.8 Å². The molecule has 1 aromatic carbocycles. The summed E-state index contributed by atoms with van der Waals surface area (Å²) in [5.41, 5.74) is 0.678. The van der Waals surface area contributed by atoms with Crippen molar-refractivity contribution in [3.8, 4) is 5.75 Å². The Kier molecular flexibility index (Phi) is 8.46. The molecule has 3 N–H and O–H groups in total. The van der Waals surface area contributed by atoms with Gasteiger partial charge in [0, 0.05) is 12.5 Å². The van der Waals surface area contributed by atoms with Crippen LogP contribution in [0.5, 0.6) is 5.75 Å². The van der Waals surface area contributed by atoms with Crippen LogP contribution in [0.4, 0.5) is 0 Å². The molecule has 0 radical (unpaired) electrons. The van der Waals surface area contributed by atoms with Crippen LogP contribution >= 0.6 is 0 Å². The van der Waals surface area contributed by atoms with E-state index in [-0.39, 0.29) is 12.3 Å². The number of carboxylic acid groups (broad SMARTS) is 1. The summed E-state index contributed by atoms with van der Waals surface area (Å²) in [6.45, 7) is 5.51. The molecule has 0 saturated heterocycles. The molecule has 0 bridgehead atoms. The van der Waals surface area contributed by atoms with Crippen LogP contribution in [0.1, 0.15) is 51.6 Å². The van der Waals surface area contributed by atoms with Gasteiger partial charge in [0.15, 0.2) is 0 Å². The second kappa shape index (κ2) is 10.3. The standard InChI is InChI=1S/C18H26N2O5/c1-4-8-14(18(23)24)20-17(22)11-15(19-12(3)21)13-9-6-7-10-16(13)25-5-2/h6-7,9-10,14-15H,4-5,8,11H2,1-3H3,(H,19,21)(H,20,22)(H,23,24). The van der Waals surface area contributed by atoms with Crippen LogP contribution in [0.25, 0.3) is 0 Å². The molecule has 2 atom stereocenters. The van der Waals surface area contributed by atoms with Crippen LogP contribution in [0.3, 0.4) is 0 Å². The third kappa shape index (κ3) is 6.82. The lowest BCUT2D eigenvalue weighted by molar-refractivity contribution is -0.142. The third-order valence-electron chi connectivity index (χ3n) is 3.57. The summed E-state index contributed by atoms with van der Waals surface area (Å²) in [6, 6.07) is 5.61. The number of benzene rings is 1. The van der Waals surface area contributed by atoms with E-state index in [1.807, 2.05) is 13.8 Å². The fraction of sp³-hybridized carbons (Fsp3) is 0.500. The van der Waals surface area contributed by atoms with Gasteiger partial charge in [-0.1, -0.05) is 31.5 Å². The SMILES string of the molecule is CCCC(NC(=O)CC(NC(C)=O)c1ccccc1OCC)C(=O)O. The van der Waals surface area contributed by atoms with Gasteiger partial charge < -0.3 is 20.5 Å². The Labute approximate surface area is 147 Å². The van der Waals surface area contributed by atoms with E-state index in [4.69, 9.17) is 9.84 Å². The molecule has 1 aromatic rings. The minimum absolute atomic E-state index is 0.0723. The quantitative estimate of drug-likeness (QED) is 0.599. The van der Waals surface area contributed by atoms with E-state index in [1.54, 1.807) is 24.3 Å². The van der Waals surface area contributed by atoms with E-state index in [2.05, 4.69) is 10.6 Å². The molecule has 2 amide bonds. The molecule has 138 valence electrons. The molecule has 0 spiro atoms. The highest BCUT2D eigenvalue weighted by molar-refractivity contribution is 5.84. The maximum atomic E-state index is 12.3. The molecule has 0 aromatic heterocycles. The zero-order chi connectivity index (χ0) is 18.8. The lowest BCUT2D eigenvalue weighted by atomic mass is 10.0. The predicted molar refractivity (Wildman–Crippen MR) is 93.3 cm³/mol. The second-order valence-electron chi connectivity index (χ2n) is 5.68. The van der Waals surface area contributed by atoms with E-state index in [0.29, 0.717) is 30.8 Å². The van der Waals surface area contributed by atoms with Gasteiger partial charge in [-0.15, -0.1) is 0 Å². The number of carbonyl (C=O) groups is 3. The number of para-hydroxylation sites is 1. The molecule has 7 heteroatoms. The van der Waals surface area contributed by atoms with Crippen molar-refractivity contribution in [1.29, 1.82) is 0 Å². The van der Waals surface area contributed by atoms with Crippen molar-refractivity contribution in [1.82, 2.24) is 10.6 Å². The molecular weight excluding hydrogens is 324 g/mol. The highest BCUT2D eigenvalue weighted by Crippen LogP contribution is 2.27. The number of ether oxygens (including phenoxy) is 1. The molecule has 0 saturated carbocycles. The van der Waals surface area contributed by atoms with Gasteiger partial charge in [0.2, 0.25) is 11.8 Å². The first-order valence-corrected chi connectivity index (χ1v) is 8.40. The number of nitrogens with one attached hydrogen (secondary N) is 2. The van der Waals surface area contributed by atoms with Crippen molar-refractivity contribution in [3.05, 3.63) is 29.8 Å². The minimum atomic E-state index is -1.07.